The van der Waals surface area contributed by atoms with Crippen molar-refractivity contribution in [2.75, 3.05) is 69.7 Å². The Kier molecular flexibility index (Phi) is 45.6. The maximum Gasteiger partial charge on any atom is 0.399 e. The van der Waals surface area contributed by atoms with Crippen molar-refractivity contribution in [3.05, 3.63) is 0 Å². The zero-order valence-electron chi connectivity index (χ0n) is 40.1. The van der Waals surface area contributed by atoms with Crippen LogP contribution >= 0.6 is 0 Å². The fourth-order valence-corrected chi connectivity index (χ4v) is 34.6. The van der Waals surface area contributed by atoms with Crippen molar-refractivity contribution in [3.63, 3.8) is 0 Å². The van der Waals surface area contributed by atoms with Crippen molar-refractivity contribution in [3.8, 4) is 0 Å². The van der Waals surface area contributed by atoms with Gasteiger partial charge in [0.2, 0.25) is 0 Å². The highest BCUT2D eigenvalue weighted by Crippen LogP contribution is 2.28. The fourth-order valence-electron chi connectivity index (χ4n) is 5.98. The Labute approximate surface area is 383 Å². The minimum absolute atomic E-state index is 0. The van der Waals surface area contributed by atoms with E-state index in [4.69, 9.17) is 21.0 Å². The molecule has 0 saturated carbocycles. The summed E-state index contributed by atoms with van der Waals surface area (Å²) in [5.74, 6) is 0. The topological polar surface area (TPSA) is 156 Å². The van der Waals surface area contributed by atoms with Crippen LogP contribution < -0.4 is 0 Å². The van der Waals surface area contributed by atoms with Gasteiger partial charge >= 0.3 is 37.9 Å². The molecule has 0 heterocycles. The zero-order chi connectivity index (χ0) is 45.5. The predicted molar refractivity (Wildman–Crippen MR) is 277 cm³/mol. The van der Waals surface area contributed by atoms with Crippen molar-refractivity contribution in [2.24, 2.45) is 0 Å². The molecule has 0 aliphatic heterocycles. The Balaban J connectivity index is -0.000000110. The first kappa shape index (κ1) is 78.0. The summed E-state index contributed by atoms with van der Waals surface area (Å²) in [6, 6.07) is 4.97. The minimum Gasteiger partial charge on any atom is -0.437 e. The van der Waals surface area contributed by atoms with Crippen molar-refractivity contribution in [1.82, 2.24) is 4.90 Å². The first-order valence-electron chi connectivity index (χ1n) is 19.9. The first-order valence-corrected chi connectivity index (χ1v) is 40.7. The first-order chi connectivity index (χ1) is 24.8. The second-order valence-electron chi connectivity index (χ2n) is 18.8. The van der Waals surface area contributed by atoms with E-state index in [1.165, 1.54) is 69.2 Å². The van der Waals surface area contributed by atoms with Gasteiger partial charge in [0.25, 0.3) is 0 Å². The molecule has 22 heteroatoms. The number of hydrogen-bond donors (Lipinski definition) is 1. The highest BCUT2D eigenvalue weighted by atomic mass is 32.3. The van der Waals surface area contributed by atoms with E-state index in [1.54, 1.807) is 0 Å². The largest absolute Gasteiger partial charge is 0.437 e. The molecular weight excluding hydrogens is 909 g/mol. The summed E-state index contributed by atoms with van der Waals surface area (Å²) >= 11 is 0. The van der Waals surface area contributed by atoms with Gasteiger partial charge in [-0.2, -0.15) is 16.8 Å². The smallest absolute Gasteiger partial charge is 0.399 e. The minimum atomic E-state index is -4.16. The predicted octanol–water partition coefficient (Wildman–Crippen LogP) is 11.4. The van der Waals surface area contributed by atoms with Crippen LogP contribution in [0.5, 0.6) is 0 Å². The van der Waals surface area contributed by atoms with Crippen LogP contribution in [0.2, 0.25) is 103 Å². The Morgan fingerprint density at radius 1 is 0.500 bits per heavy atom. The molecule has 0 fully saturated rings. The number of rotatable bonds is 25. The van der Waals surface area contributed by atoms with Crippen LogP contribution in [0, 0.1) is 0 Å². The molecule has 0 radical (unpaired) electrons. The van der Waals surface area contributed by atoms with E-state index in [0.717, 1.165) is 32.4 Å². The molecule has 0 aliphatic rings. The van der Waals surface area contributed by atoms with Crippen molar-refractivity contribution >= 4 is 71.2 Å². The van der Waals surface area contributed by atoms with Gasteiger partial charge in [-0.1, -0.05) is 69.2 Å². The van der Waals surface area contributed by atoms with Gasteiger partial charge in [0, 0.05) is 0 Å². The Morgan fingerprint density at radius 2 is 0.750 bits per heavy atom. The molecule has 0 atom stereocenters. The maximum absolute atomic E-state index is 9.92. The van der Waals surface area contributed by atoms with E-state index in [2.05, 4.69) is 145 Å². The normalized spacial score (nSPS) is 12.7. The molecule has 0 aromatic rings. The van der Waals surface area contributed by atoms with Crippen LogP contribution in [0.1, 0.15) is 82.1 Å². The summed E-state index contributed by atoms with van der Waals surface area (Å²) in [7, 11) is -4.17. The Hall–Kier alpha value is 0.801. The van der Waals surface area contributed by atoms with E-state index in [0.29, 0.717) is 0 Å². The van der Waals surface area contributed by atoms with Gasteiger partial charge in [0.05, 0.1) is 49.0 Å². The van der Waals surface area contributed by atoms with Gasteiger partial charge in [0.15, 0.2) is 33.3 Å². The molecule has 1 N–H and O–H groups in total. The molecule has 0 saturated heterocycles. The SMILES string of the molecule is C.C.C.C.CCCC[Si](C)(C)O[Si](C)(C)O[Si](C)(C)CCCN(C)C.CCCC[Si](C)(C)O[Si](C)(C)O[Si](C)(C)CCC[N+](C)(C)C.COS(=O)(=O)O.COS(=O)(=O)OC. The highest BCUT2D eigenvalue weighted by Gasteiger charge is 2.40. The molecule has 14 nitrogen and oxygen atoms in total. The molecule has 376 valence electrons. The van der Waals surface area contributed by atoms with E-state index < -0.39 is 71.2 Å². The monoisotopic (exact) mass is 1020 g/mol. The van der Waals surface area contributed by atoms with Crippen molar-refractivity contribution in [2.45, 2.75) is 185 Å². The molecular formula is C38H107N2O12S2Si6+. The highest BCUT2D eigenvalue weighted by molar-refractivity contribution is 7.81. The molecule has 0 aromatic heterocycles. The van der Waals surface area contributed by atoms with E-state index in [9.17, 15) is 16.8 Å². The number of hydrogen-bond acceptors (Lipinski definition) is 12. The number of nitrogens with zero attached hydrogens (tertiary/aromatic N) is 2. The van der Waals surface area contributed by atoms with E-state index >= 15 is 0 Å². The van der Waals surface area contributed by atoms with Crippen LogP contribution in [-0.2, 0) is 49.8 Å². The standard InChI is InChI=1S/C16H42NO2Si3.C15H39NO2Si3.C2H6O4S.CH4O4S.4CH4/c1-11-12-15-20(5,6)18-22(9,10)19-21(7,8)16-13-14-17(2,3)4;1-10-11-14-19(4,5)17-21(8,9)18-20(6,7)15-12-13-16(2)3;1-5-7(3,4)6-2;1-5-6(2,3)4;;;;/h11-16H2,1-10H3;10-15H2,1-9H3;1-2H3;1H3,(H,2,3,4);4*1H4/q+1;;;;;;;. The average molecular weight is 1020 g/mol. The van der Waals surface area contributed by atoms with Crippen molar-refractivity contribution < 1.29 is 54.9 Å². The third-order valence-corrected chi connectivity index (χ3v) is 32.1. The lowest BCUT2D eigenvalue weighted by molar-refractivity contribution is -0.870. The molecule has 0 spiro atoms. The molecule has 60 heavy (non-hydrogen) atoms. The van der Waals surface area contributed by atoms with Gasteiger partial charge in [-0.05, 0) is 136 Å². The van der Waals surface area contributed by atoms with E-state index in [1.807, 2.05) is 0 Å². The van der Waals surface area contributed by atoms with Gasteiger partial charge in [-0.25, -0.2) is 0 Å². The van der Waals surface area contributed by atoms with Gasteiger partial charge in [0.1, 0.15) is 0 Å². The Morgan fingerprint density at radius 3 is 0.933 bits per heavy atom. The lowest BCUT2D eigenvalue weighted by atomic mass is 10.4. The second-order valence-corrected chi connectivity index (χ2v) is 46.4. The van der Waals surface area contributed by atoms with Crippen LogP contribution in [0.3, 0.4) is 0 Å². The average Bonchev–Trinajstić information content (AvgIpc) is 2.96. The van der Waals surface area contributed by atoms with Crippen molar-refractivity contribution in [1.29, 1.82) is 0 Å². The van der Waals surface area contributed by atoms with Gasteiger partial charge < -0.3 is 25.8 Å². The van der Waals surface area contributed by atoms with Crippen LogP contribution in [0.15, 0.2) is 0 Å². The molecule has 0 aliphatic carbocycles. The molecule has 0 amide bonds. The van der Waals surface area contributed by atoms with Crippen LogP contribution in [0.25, 0.3) is 0 Å². The summed E-state index contributed by atoms with van der Waals surface area (Å²) in [4.78, 5) is 2.25. The summed E-state index contributed by atoms with van der Waals surface area (Å²) in [5, 5.41) is 0. The second kappa shape index (κ2) is 35.1. The number of quaternary nitrogens is 1. The van der Waals surface area contributed by atoms with Gasteiger partial charge in [-0.15, -0.1) is 0 Å². The van der Waals surface area contributed by atoms with Crippen LogP contribution in [0.4, 0.5) is 0 Å². The van der Waals surface area contributed by atoms with Crippen LogP contribution in [-0.4, -0.2) is 151 Å². The third-order valence-electron chi connectivity index (χ3n) is 7.96. The fraction of sp³-hybridized carbons (Fsp3) is 1.00. The summed E-state index contributed by atoms with van der Waals surface area (Å²) in [5.41, 5.74) is 0. The lowest BCUT2D eigenvalue weighted by Crippen LogP contribution is -2.52. The molecule has 0 aromatic carbocycles. The quantitative estimate of drug-likeness (QED) is 0.0524. The summed E-state index contributed by atoms with van der Waals surface area (Å²) in [6.07, 6.45) is 7.57. The summed E-state index contributed by atoms with van der Waals surface area (Å²) in [6.45, 7) is 34.7. The zero-order valence-corrected chi connectivity index (χ0v) is 47.8. The van der Waals surface area contributed by atoms with E-state index in [-0.39, 0.29) is 29.7 Å². The maximum atomic E-state index is 9.92. The molecule has 0 rings (SSSR count). The molecule has 0 unspecified atom stereocenters. The number of unbranched alkanes of at least 4 members (excludes halogenated alkanes) is 2. The Bertz CT molecular complexity index is 1230. The third kappa shape index (κ3) is 56.8. The lowest BCUT2D eigenvalue weighted by Gasteiger charge is -2.39. The molecule has 0 bridgehead atoms. The summed E-state index contributed by atoms with van der Waals surface area (Å²) < 4.78 is 84.7. The van der Waals surface area contributed by atoms with Gasteiger partial charge in [-0.3, -0.25) is 17.1 Å².